The van der Waals surface area contributed by atoms with Gasteiger partial charge in [-0.2, -0.15) is 0 Å². The molecule has 0 aromatic heterocycles. The summed E-state index contributed by atoms with van der Waals surface area (Å²) in [5, 5.41) is 40.5. The van der Waals surface area contributed by atoms with Gasteiger partial charge in [-0.25, -0.2) is 0 Å². The predicted octanol–water partition coefficient (Wildman–Crippen LogP) is 3.71. The lowest BCUT2D eigenvalue weighted by Gasteiger charge is -2.49. The molecule has 0 bridgehead atoms. The summed E-state index contributed by atoms with van der Waals surface area (Å²) >= 11 is 0. The molecular weight excluding hydrogens is 618 g/mol. The first kappa shape index (κ1) is 37.4. The number of nitrogens with two attached hydrogens (primary N) is 1. The lowest BCUT2D eigenvalue weighted by molar-refractivity contribution is -0.125. The molecule has 0 aromatic carbocycles. The Labute approximate surface area is 294 Å². The molecule has 7 N–H and O–H groups in total. The van der Waals surface area contributed by atoms with Gasteiger partial charge in [0.25, 0.3) is 0 Å². The van der Waals surface area contributed by atoms with E-state index in [4.69, 9.17) is 10.5 Å². The van der Waals surface area contributed by atoms with E-state index in [2.05, 4.69) is 22.5 Å². The average Bonchev–Trinajstić information content (AvgIpc) is 3.16. The molecule has 9 heteroatoms. The quantitative estimate of drug-likeness (QED) is 0.179. The fraction of sp³-hybridized carbons (Fsp3) is 0.900. The minimum absolute atomic E-state index is 0.0396. The van der Waals surface area contributed by atoms with Gasteiger partial charge in [0.1, 0.15) is 17.5 Å². The molecule has 0 amide bonds. The van der Waals surface area contributed by atoms with Crippen LogP contribution in [0.2, 0.25) is 0 Å². The van der Waals surface area contributed by atoms with Crippen LogP contribution in [0.5, 0.6) is 0 Å². The number of aliphatic hydroxyl groups is 3. The Kier molecular flexibility index (Phi) is 13.3. The fourth-order valence-corrected chi connectivity index (χ4v) is 11.1. The largest absolute Gasteiger partial charge is 0.393 e. The minimum Gasteiger partial charge on any atom is -0.393 e. The van der Waals surface area contributed by atoms with Crippen molar-refractivity contribution in [1.82, 2.24) is 10.6 Å². The number of nitrogens with one attached hydrogen (secondary N) is 2. The molecule has 2 heterocycles. The van der Waals surface area contributed by atoms with Crippen LogP contribution in [0, 0.1) is 65.1 Å². The average molecular weight is 684 g/mol. The Morgan fingerprint density at radius 1 is 0.837 bits per heavy atom. The molecule has 2 saturated heterocycles. The van der Waals surface area contributed by atoms with Crippen LogP contribution in [0.3, 0.4) is 0 Å². The van der Waals surface area contributed by atoms with Gasteiger partial charge in [-0.1, -0.05) is 18.3 Å². The first-order valence-electron chi connectivity index (χ1n) is 20.0. The summed E-state index contributed by atoms with van der Waals surface area (Å²) in [4.78, 5) is 25.7. The van der Waals surface area contributed by atoms with E-state index in [1.165, 1.54) is 6.42 Å². The van der Waals surface area contributed by atoms with Gasteiger partial charge in [0.15, 0.2) is 0 Å². The van der Waals surface area contributed by atoms with Gasteiger partial charge in [0, 0.05) is 38.3 Å². The summed E-state index contributed by atoms with van der Waals surface area (Å²) in [6.45, 7) is 1.93. The fourth-order valence-electron chi connectivity index (χ4n) is 11.1. The highest BCUT2D eigenvalue weighted by Crippen LogP contribution is 2.47. The summed E-state index contributed by atoms with van der Waals surface area (Å²) in [5.74, 6) is 9.92. The predicted molar refractivity (Wildman–Crippen MR) is 189 cm³/mol. The molecule has 6 unspecified atom stereocenters. The van der Waals surface area contributed by atoms with Gasteiger partial charge in [-0.05, 0) is 144 Å². The van der Waals surface area contributed by atoms with Gasteiger partial charge in [-0.15, -0.1) is 0 Å². The van der Waals surface area contributed by atoms with Gasteiger partial charge in [0.2, 0.25) is 0 Å². The van der Waals surface area contributed by atoms with Crippen LogP contribution < -0.4 is 16.4 Å². The lowest BCUT2D eigenvalue weighted by atomic mass is 9.61. The van der Waals surface area contributed by atoms with Crippen LogP contribution in [-0.2, 0) is 14.3 Å². The third-order valence-corrected chi connectivity index (χ3v) is 14.0. The highest BCUT2D eigenvalue weighted by Gasteiger charge is 2.45. The molecule has 2 aliphatic heterocycles. The van der Waals surface area contributed by atoms with E-state index in [0.717, 1.165) is 77.3 Å². The Morgan fingerprint density at radius 3 is 2.45 bits per heavy atom. The number of rotatable bonds is 11. The number of ether oxygens (including phenoxy) is 1. The third kappa shape index (κ3) is 9.54. The van der Waals surface area contributed by atoms with Crippen molar-refractivity contribution in [3.05, 3.63) is 0 Å². The zero-order valence-corrected chi connectivity index (χ0v) is 29.9. The maximum absolute atomic E-state index is 13.6. The molecule has 15 atom stereocenters. The second-order valence-corrected chi connectivity index (χ2v) is 17.1. The molecule has 3 saturated carbocycles. The molecule has 4 aliphatic carbocycles. The van der Waals surface area contributed by atoms with Crippen molar-refractivity contribution in [3.63, 3.8) is 0 Å². The first-order chi connectivity index (χ1) is 23.7. The van der Waals surface area contributed by atoms with E-state index in [0.29, 0.717) is 86.4 Å². The number of fused-ring (bicyclic) bond motifs is 4. The van der Waals surface area contributed by atoms with Crippen LogP contribution >= 0.6 is 0 Å². The zero-order chi connectivity index (χ0) is 34.5. The number of methoxy groups -OCH3 is 1. The highest BCUT2D eigenvalue weighted by molar-refractivity contribution is 5.84. The van der Waals surface area contributed by atoms with Crippen LogP contribution in [0.25, 0.3) is 0 Å². The SMILES string of the molecule is COC1CC2CCC(=O)[C@@H]([C@H](O)CC[C@@H]3CC[C@@H]4[C@H](CN[C@@H]5CC(=O)CC[C@@H]45)C3)C#C[C@@H](CC[C@H](O)CCC3CCNC(N)C3)C2CC1O. The number of aliphatic hydroxyl groups excluding tert-OH is 3. The van der Waals surface area contributed by atoms with E-state index in [1.807, 2.05) is 0 Å². The second kappa shape index (κ2) is 17.4. The van der Waals surface area contributed by atoms with Crippen molar-refractivity contribution in [2.45, 2.75) is 152 Å². The lowest BCUT2D eigenvalue weighted by Crippen LogP contribution is -2.54. The van der Waals surface area contributed by atoms with Crippen molar-refractivity contribution in [2.24, 2.45) is 59.0 Å². The zero-order valence-electron chi connectivity index (χ0n) is 29.9. The smallest absolute Gasteiger partial charge is 0.150 e. The Bertz CT molecular complexity index is 1170. The Balaban J connectivity index is 1.06. The molecule has 0 spiro atoms. The molecule has 9 nitrogen and oxygen atoms in total. The van der Waals surface area contributed by atoms with Gasteiger partial charge in [0.05, 0.1) is 30.6 Å². The first-order valence-corrected chi connectivity index (χ1v) is 20.0. The molecule has 276 valence electrons. The normalized spacial score (nSPS) is 42.6. The highest BCUT2D eigenvalue weighted by atomic mass is 16.5. The second-order valence-electron chi connectivity index (χ2n) is 17.1. The van der Waals surface area contributed by atoms with E-state index >= 15 is 0 Å². The van der Waals surface area contributed by atoms with Gasteiger partial charge < -0.3 is 36.4 Å². The van der Waals surface area contributed by atoms with Crippen molar-refractivity contribution >= 4 is 11.6 Å². The maximum atomic E-state index is 13.6. The summed E-state index contributed by atoms with van der Waals surface area (Å²) in [6, 6.07) is 0.368. The van der Waals surface area contributed by atoms with Crippen LogP contribution in [-0.4, -0.2) is 83.7 Å². The van der Waals surface area contributed by atoms with Crippen LogP contribution in [0.1, 0.15) is 116 Å². The number of Topliss-reactive ketones (excluding diaryl/α,β-unsaturated/α-hetero) is 2. The summed E-state index contributed by atoms with van der Waals surface area (Å²) in [6.07, 6.45) is 13.1. The van der Waals surface area contributed by atoms with Crippen molar-refractivity contribution in [1.29, 1.82) is 0 Å². The molecule has 5 fully saturated rings. The van der Waals surface area contributed by atoms with Crippen LogP contribution in [0.15, 0.2) is 0 Å². The number of hydrogen-bond acceptors (Lipinski definition) is 9. The number of hydrogen-bond donors (Lipinski definition) is 6. The van der Waals surface area contributed by atoms with E-state index in [-0.39, 0.29) is 35.8 Å². The summed E-state index contributed by atoms with van der Waals surface area (Å²) in [5.41, 5.74) is 6.10. The minimum atomic E-state index is -0.782. The topological polar surface area (TPSA) is 154 Å². The maximum Gasteiger partial charge on any atom is 0.150 e. The number of carbonyl (C=O) groups excluding carboxylic acids is 2. The van der Waals surface area contributed by atoms with E-state index in [1.54, 1.807) is 7.11 Å². The van der Waals surface area contributed by atoms with Crippen molar-refractivity contribution in [2.75, 3.05) is 20.2 Å². The Hall–Kier alpha value is -1.38. The molecule has 0 aromatic rings. The van der Waals surface area contributed by atoms with Crippen LogP contribution in [0.4, 0.5) is 0 Å². The summed E-state index contributed by atoms with van der Waals surface area (Å²) < 4.78 is 5.64. The molecule has 6 aliphatic rings. The van der Waals surface area contributed by atoms with E-state index in [9.17, 15) is 24.9 Å². The molecule has 49 heavy (non-hydrogen) atoms. The van der Waals surface area contributed by atoms with Crippen molar-refractivity contribution in [3.8, 4) is 11.8 Å². The molecular formula is C40H65N3O6. The number of ketones is 2. The van der Waals surface area contributed by atoms with Gasteiger partial charge >= 0.3 is 0 Å². The third-order valence-electron chi connectivity index (χ3n) is 14.0. The number of carbonyl (C=O) groups is 2. The van der Waals surface area contributed by atoms with E-state index < -0.39 is 24.2 Å². The standard InChI is InChI=1S/C40H65N3O6/c1-49-39-20-27-7-15-37(47)33(36(46)14-4-24-3-11-31-28(18-24)23-43-35-21-30(45)10-13-32(31)35)12-6-26(34(27)22-38(39)48)5-9-29(44)8-2-25-16-17-42-40(41)19-25/h24-29,31-36,38-40,42-44,46,48H,2-5,7-11,13-23,41H2,1H3/t24-,25?,26+,27?,28-,29+,31+,32-,33+,34?,35+,36+,38?,39?,40?/m0/s1. The van der Waals surface area contributed by atoms with Gasteiger partial charge in [-0.3, -0.25) is 9.59 Å². The molecule has 6 rings (SSSR count). The summed E-state index contributed by atoms with van der Waals surface area (Å²) in [7, 11) is 1.65. The number of piperidine rings is 2. The van der Waals surface area contributed by atoms with Crippen molar-refractivity contribution < 1.29 is 29.6 Å². The monoisotopic (exact) mass is 683 g/mol. The Morgan fingerprint density at radius 2 is 1.63 bits per heavy atom. The molecule has 0 radical (unpaired) electrons.